The zero-order valence-electron chi connectivity index (χ0n) is 18.8. The summed E-state index contributed by atoms with van der Waals surface area (Å²) in [4.78, 5) is 30.8. The van der Waals surface area contributed by atoms with Gasteiger partial charge >= 0.3 is 12.2 Å². The maximum Gasteiger partial charge on any atom is 0.414 e. The minimum atomic E-state index is -0.726. The number of rotatable bonds is 4. The Morgan fingerprint density at radius 3 is 1.93 bits per heavy atom. The van der Waals surface area contributed by atoms with E-state index in [4.69, 9.17) is 9.47 Å². The van der Waals surface area contributed by atoms with Crippen LogP contribution in [0.1, 0.15) is 47.1 Å². The molecular formula is C21H34N4O4. The number of hydrogen-bond donors (Lipinski definition) is 2. The Balaban J connectivity index is 3.04. The third-order valence-electron chi connectivity index (χ3n) is 3.24. The molecule has 8 nitrogen and oxygen atoms in total. The molecule has 0 unspecified atom stereocenters. The third-order valence-corrected chi connectivity index (χ3v) is 3.24. The molecule has 0 aliphatic rings. The van der Waals surface area contributed by atoms with Gasteiger partial charge in [0.2, 0.25) is 5.96 Å². The molecule has 0 aliphatic carbocycles. The lowest BCUT2D eigenvalue weighted by Gasteiger charge is -2.22. The molecule has 0 saturated heterocycles. The monoisotopic (exact) mass is 406 g/mol. The van der Waals surface area contributed by atoms with Gasteiger partial charge in [-0.3, -0.25) is 10.6 Å². The second kappa shape index (κ2) is 10.2. The molecule has 2 amide bonds. The molecule has 0 atom stereocenters. The zero-order chi connectivity index (χ0) is 22.2. The molecule has 0 bridgehead atoms. The van der Waals surface area contributed by atoms with E-state index in [1.165, 1.54) is 0 Å². The Hall–Kier alpha value is -2.61. The van der Waals surface area contributed by atoms with Gasteiger partial charge < -0.3 is 14.4 Å². The highest BCUT2D eigenvalue weighted by Crippen LogP contribution is 2.15. The van der Waals surface area contributed by atoms with Crippen molar-refractivity contribution in [1.29, 1.82) is 0 Å². The topological polar surface area (TPSA) is 92.3 Å². The van der Waals surface area contributed by atoms with Crippen LogP contribution in [0.25, 0.3) is 0 Å². The second-order valence-corrected chi connectivity index (χ2v) is 8.94. The molecule has 1 aromatic rings. The summed E-state index contributed by atoms with van der Waals surface area (Å²) in [5, 5.41) is 4.95. The number of amides is 2. The van der Waals surface area contributed by atoms with Crippen molar-refractivity contribution < 1.29 is 19.1 Å². The smallest absolute Gasteiger partial charge is 0.414 e. The lowest BCUT2D eigenvalue weighted by atomic mass is 10.1. The molecule has 162 valence electrons. The van der Waals surface area contributed by atoms with Gasteiger partial charge in [-0.25, -0.2) is 14.6 Å². The summed E-state index contributed by atoms with van der Waals surface area (Å²) < 4.78 is 10.5. The van der Waals surface area contributed by atoms with Crippen LogP contribution in [0.4, 0.5) is 15.3 Å². The van der Waals surface area contributed by atoms with E-state index in [2.05, 4.69) is 20.5 Å². The normalized spacial score (nSPS) is 11.6. The fourth-order valence-electron chi connectivity index (χ4n) is 2.15. The van der Waals surface area contributed by atoms with Gasteiger partial charge in [-0.15, -0.1) is 0 Å². The van der Waals surface area contributed by atoms with Gasteiger partial charge in [0.05, 0.1) is 5.69 Å². The first-order chi connectivity index (χ1) is 13.2. The maximum atomic E-state index is 12.2. The fraction of sp³-hybridized carbons (Fsp3) is 0.571. The summed E-state index contributed by atoms with van der Waals surface area (Å²) in [5.41, 5.74) is 0.303. The van der Waals surface area contributed by atoms with Crippen LogP contribution in [0, 0.1) is 0 Å². The van der Waals surface area contributed by atoms with Gasteiger partial charge in [0.1, 0.15) is 11.2 Å². The van der Waals surface area contributed by atoms with Gasteiger partial charge in [0.25, 0.3) is 0 Å². The Labute approximate surface area is 173 Å². The number of benzene rings is 1. The molecular weight excluding hydrogens is 372 g/mol. The Morgan fingerprint density at radius 2 is 1.48 bits per heavy atom. The van der Waals surface area contributed by atoms with Crippen LogP contribution >= 0.6 is 0 Å². The molecule has 0 aromatic heterocycles. The Morgan fingerprint density at radius 1 is 0.966 bits per heavy atom. The summed E-state index contributed by atoms with van der Waals surface area (Å²) in [5.74, 6) is -0.0711. The number of hydrogen-bond acceptors (Lipinski definition) is 6. The van der Waals surface area contributed by atoms with E-state index in [1.54, 1.807) is 47.6 Å². The van der Waals surface area contributed by atoms with E-state index < -0.39 is 23.4 Å². The predicted octanol–water partition coefficient (Wildman–Crippen LogP) is 3.83. The zero-order valence-corrected chi connectivity index (χ0v) is 18.8. The highest BCUT2D eigenvalue weighted by atomic mass is 16.6. The first-order valence-electron chi connectivity index (χ1n) is 9.56. The van der Waals surface area contributed by atoms with Crippen molar-refractivity contribution in [3.05, 3.63) is 29.8 Å². The van der Waals surface area contributed by atoms with E-state index in [-0.39, 0.29) is 5.96 Å². The molecule has 1 aromatic carbocycles. The van der Waals surface area contributed by atoms with E-state index in [9.17, 15) is 9.59 Å². The standard InChI is InChI=1S/C21H34N4O4/c1-20(2,3)28-18(26)23-17(24-19(27)29-21(4,5)6)22-16-11-9-10-15(14-16)12-13-25(7)8/h9-11,14H,12-13H2,1-8H3,(H2,22,23,24,26,27). The minimum absolute atomic E-state index is 0.0711. The van der Waals surface area contributed by atoms with Crippen molar-refractivity contribution in [2.75, 3.05) is 20.6 Å². The number of guanidine groups is 1. The maximum absolute atomic E-state index is 12.2. The van der Waals surface area contributed by atoms with Crippen LogP contribution in [0.15, 0.2) is 29.3 Å². The number of aliphatic imine (C=N–C) groups is 1. The molecule has 29 heavy (non-hydrogen) atoms. The number of ether oxygens (including phenoxy) is 2. The van der Waals surface area contributed by atoms with Gasteiger partial charge in [-0.05, 0) is 79.8 Å². The van der Waals surface area contributed by atoms with E-state index in [0.717, 1.165) is 18.5 Å². The molecule has 0 aliphatic heterocycles. The number of nitrogens with zero attached hydrogens (tertiary/aromatic N) is 2. The van der Waals surface area contributed by atoms with Gasteiger partial charge in [0, 0.05) is 6.54 Å². The number of alkyl carbamates (subject to hydrolysis) is 2. The second-order valence-electron chi connectivity index (χ2n) is 8.94. The number of carbonyl (C=O) groups excluding carboxylic acids is 2. The van der Waals surface area contributed by atoms with Crippen molar-refractivity contribution in [1.82, 2.24) is 15.5 Å². The molecule has 0 fully saturated rings. The number of nitrogens with one attached hydrogen (secondary N) is 2. The summed E-state index contributed by atoms with van der Waals surface area (Å²) >= 11 is 0. The average Bonchev–Trinajstić information content (AvgIpc) is 2.49. The van der Waals surface area contributed by atoms with Crippen LogP contribution in [0.2, 0.25) is 0 Å². The van der Waals surface area contributed by atoms with Crippen LogP contribution in [-0.4, -0.2) is 54.9 Å². The third kappa shape index (κ3) is 11.7. The molecule has 2 N–H and O–H groups in total. The van der Waals surface area contributed by atoms with Crippen molar-refractivity contribution in [2.45, 2.75) is 59.2 Å². The van der Waals surface area contributed by atoms with E-state index in [0.29, 0.717) is 5.69 Å². The first kappa shape index (κ1) is 24.4. The van der Waals surface area contributed by atoms with Crippen molar-refractivity contribution in [3.8, 4) is 0 Å². The summed E-state index contributed by atoms with van der Waals surface area (Å²) in [6.45, 7) is 11.4. The molecule has 0 heterocycles. The van der Waals surface area contributed by atoms with Gasteiger partial charge in [-0.1, -0.05) is 12.1 Å². The molecule has 0 spiro atoms. The van der Waals surface area contributed by atoms with Crippen LogP contribution in [0.5, 0.6) is 0 Å². The van der Waals surface area contributed by atoms with Gasteiger partial charge in [0.15, 0.2) is 0 Å². The molecule has 0 saturated carbocycles. The quantitative estimate of drug-likeness (QED) is 0.586. The summed E-state index contributed by atoms with van der Waals surface area (Å²) in [7, 11) is 4.02. The SMILES string of the molecule is CN(C)CCc1cccc(N=C(NC(=O)OC(C)(C)C)NC(=O)OC(C)(C)C)c1. The van der Waals surface area contributed by atoms with E-state index >= 15 is 0 Å². The molecule has 8 heteroatoms. The van der Waals surface area contributed by atoms with Gasteiger partial charge in [-0.2, -0.15) is 0 Å². The summed E-state index contributed by atoms with van der Waals surface area (Å²) in [6.07, 6.45) is -0.600. The largest absolute Gasteiger partial charge is 0.444 e. The highest BCUT2D eigenvalue weighted by Gasteiger charge is 2.21. The fourth-order valence-corrected chi connectivity index (χ4v) is 2.15. The highest BCUT2D eigenvalue weighted by molar-refractivity contribution is 6.02. The summed E-state index contributed by atoms with van der Waals surface area (Å²) in [6, 6.07) is 7.57. The minimum Gasteiger partial charge on any atom is -0.444 e. The van der Waals surface area contributed by atoms with Crippen molar-refractivity contribution in [2.24, 2.45) is 4.99 Å². The Kier molecular flexibility index (Phi) is 8.63. The number of carbonyl (C=O) groups is 2. The Bertz CT molecular complexity index is 699. The van der Waals surface area contributed by atoms with Crippen molar-refractivity contribution >= 4 is 23.8 Å². The lowest BCUT2D eigenvalue weighted by Crippen LogP contribution is -2.47. The molecule has 0 radical (unpaired) electrons. The molecule has 1 rings (SSSR count). The predicted molar refractivity (Wildman–Crippen MR) is 115 cm³/mol. The number of likely N-dealkylation sites (N-methyl/N-ethyl adjacent to an activating group) is 1. The van der Waals surface area contributed by atoms with Crippen molar-refractivity contribution in [3.63, 3.8) is 0 Å². The van der Waals surface area contributed by atoms with Crippen LogP contribution < -0.4 is 10.6 Å². The average molecular weight is 407 g/mol. The lowest BCUT2D eigenvalue weighted by molar-refractivity contribution is 0.0545. The first-order valence-corrected chi connectivity index (χ1v) is 9.56. The van der Waals surface area contributed by atoms with Crippen LogP contribution in [0.3, 0.4) is 0 Å². The van der Waals surface area contributed by atoms with Crippen LogP contribution in [-0.2, 0) is 15.9 Å². The van der Waals surface area contributed by atoms with E-state index in [1.807, 2.05) is 32.3 Å².